The maximum absolute atomic E-state index is 11.5. The van der Waals surface area contributed by atoms with Crippen molar-refractivity contribution in [2.45, 2.75) is 32.8 Å². The highest BCUT2D eigenvalue weighted by atomic mass is 16.5. The number of aliphatic hydroxyl groups is 1. The fourth-order valence-corrected chi connectivity index (χ4v) is 1.75. The second-order valence-corrected chi connectivity index (χ2v) is 3.96. The molecule has 0 aliphatic carbocycles. The van der Waals surface area contributed by atoms with Gasteiger partial charge in [0.1, 0.15) is 5.75 Å². The second kappa shape index (κ2) is 7.01. The predicted octanol–water partition coefficient (Wildman–Crippen LogP) is 2.11. The molecule has 0 amide bonds. The normalized spacial score (nSPS) is 13.8. The lowest BCUT2D eigenvalue weighted by atomic mass is 9.94. The van der Waals surface area contributed by atoms with Crippen LogP contribution in [-0.2, 0) is 9.53 Å². The summed E-state index contributed by atoms with van der Waals surface area (Å²) >= 11 is 0. The molecule has 1 rings (SSSR count). The van der Waals surface area contributed by atoms with Crippen LogP contribution < -0.4 is 4.74 Å². The third kappa shape index (κ3) is 3.47. The van der Waals surface area contributed by atoms with Gasteiger partial charge in [-0.1, -0.05) is 25.1 Å². The molecule has 0 bridgehead atoms. The summed E-state index contributed by atoms with van der Waals surface area (Å²) < 4.78 is 10.3. The second-order valence-electron chi connectivity index (χ2n) is 3.96. The summed E-state index contributed by atoms with van der Waals surface area (Å²) in [5.74, 6) is -0.279. The standard InChI is InChI=1S/C14H20O4/c1-4-17-12-9-7-6-8-11(12)10(3)13(15)14(16)18-5-2/h6-10,13,15H,4-5H2,1-3H3. The van der Waals surface area contributed by atoms with Crippen molar-refractivity contribution < 1.29 is 19.4 Å². The summed E-state index contributed by atoms with van der Waals surface area (Å²) in [5.41, 5.74) is 0.805. The molecule has 0 aliphatic rings. The lowest BCUT2D eigenvalue weighted by Crippen LogP contribution is -2.28. The van der Waals surface area contributed by atoms with Crippen molar-refractivity contribution in [3.8, 4) is 5.75 Å². The summed E-state index contributed by atoms with van der Waals surface area (Å²) in [6.07, 6.45) is -1.17. The van der Waals surface area contributed by atoms with E-state index in [1.54, 1.807) is 13.8 Å². The molecule has 1 aromatic rings. The predicted molar refractivity (Wildman–Crippen MR) is 68.7 cm³/mol. The molecule has 4 heteroatoms. The van der Waals surface area contributed by atoms with Crippen LogP contribution in [0.25, 0.3) is 0 Å². The molecular formula is C14H20O4. The molecule has 0 saturated carbocycles. The fraction of sp³-hybridized carbons (Fsp3) is 0.500. The minimum atomic E-state index is -1.17. The highest BCUT2D eigenvalue weighted by Crippen LogP contribution is 2.29. The molecule has 0 radical (unpaired) electrons. The van der Waals surface area contributed by atoms with Crippen LogP contribution >= 0.6 is 0 Å². The molecule has 0 aromatic heterocycles. The monoisotopic (exact) mass is 252 g/mol. The zero-order valence-electron chi connectivity index (χ0n) is 11.1. The molecule has 0 fully saturated rings. The third-order valence-electron chi connectivity index (χ3n) is 2.71. The van der Waals surface area contributed by atoms with Gasteiger partial charge in [-0.2, -0.15) is 0 Å². The van der Waals surface area contributed by atoms with Crippen LogP contribution in [0, 0.1) is 0 Å². The van der Waals surface area contributed by atoms with Gasteiger partial charge in [0.05, 0.1) is 13.2 Å². The first-order valence-corrected chi connectivity index (χ1v) is 6.18. The lowest BCUT2D eigenvalue weighted by molar-refractivity contribution is -0.154. The van der Waals surface area contributed by atoms with Gasteiger partial charge in [0, 0.05) is 11.5 Å². The number of hydrogen-bond donors (Lipinski definition) is 1. The number of aliphatic hydroxyl groups excluding tert-OH is 1. The largest absolute Gasteiger partial charge is 0.494 e. The van der Waals surface area contributed by atoms with E-state index < -0.39 is 12.1 Å². The Labute approximate surface area is 108 Å². The van der Waals surface area contributed by atoms with E-state index in [-0.39, 0.29) is 12.5 Å². The Balaban J connectivity index is 2.88. The smallest absolute Gasteiger partial charge is 0.335 e. The number of carbonyl (C=O) groups is 1. The molecule has 2 atom stereocenters. The first-order valence-electron chi connectivity index (χ1n) is 6.18. The molecule has 0 saturated heterocycles. The van der Waals surface area contributed by atoms with Crippen molar-refractivity contribution in [3.63, 3.8) is 0 Å². The Kier molecular flexibility index (Phi) is 5.65. The topological polar surface area (TPSA) is 55.8 Å². The number of ether oxygens (including phenoxy) is 2. The Morgan fingerprint density at radius 2 is 1.94 bits per heavy atom. The quantitative estimate of drug-likeness (QED) is 0.788. The van der Waals surface area contributed by atoms with E-state index in [1.807, 2.05) is 31.2 Å². The first kappa shape index (κ1) is 14.5. The van der Waals surface area contributed by atoms with Gasteiger partial charge in [-0.25, -0.2) is 4.79 Å². The molecule has 0 aliphatic heterocycles. The Morgan fingerprint density at radius 1 is 1.28 bits per heavy atom. The zero-order valence-corrected chi connectivity index (χ0v) is 11.1. The van der Waals surface area contributed by atoms with E-state index in [9.17, 15) is 9.90 Å². The summed E-state index contributed by atoms with van der Waals surface area (Å²) in [7, 11) is 0. The molecule has 100 valence electrons. The Hall–Kier alpha value is -1.55. The molecule has 1 N–H and O–H groups in total. The number of carbonyl (C=O) groups excluding carboxylic acids is 1. The summed E-state index contributed by atoms with van der Waals surface area (Å²) in [6.45, 7) is 6.18. The minimum Gasteiger partial charge on any atom is -0.494 e. The summed E-state index contributed by atoms with van der Waals surface area (Å²) in [6, 6.07) is 7.38. The van der Waals surface area contributed by atoms with Gasteiger partial charge in [0.2, 0.25) is 0 Å². The van der Waals surface area contributed by atoms with Crippen molar-refractivity contribution in [2.75, 3.05) is 13.2 Å². The maximum atomic E-state index is 11.5. The highest BCUT2D eigenvalue weighted by Gasteiger charge is 2.26. The van der Waals surface area contributed by atoms with Gasteiger partial charge in [-0.3, -0.25) is 0 Å². The van der Waals surface area contributed by atoms with Crippen molar-refractivity contribution >= 4 is 5.97 Å². The van der Waals surface area contributed by atoms with Crippen LogP contribution in [0.2, 0.25) is 0 Å². The van der Waals surface area contributed by atoms with Gasteiger partial charge in [0.25, 0.3) is 0 Å². The third-order valence-corrected chi connectivity index (χ3v) is 2.71. The van der Waals surface area contributed by atoms with E-state index in [4.69, 9.17) is 9.47 Å². The van der Waals surface area contributed by atoms with E-state index in [0.717, 1.165) is 5.56 Å². The molecule has 0 spiro atoms. The molecule has 4 nitrogen and oxygen atoms in total. The van der Waals surface area contributed by atoms with Crippen molar-refractivity contribution in [3.05, 3.63) is 29.8 Å². The van der Waals surface area contributed by atoms with Gasteiger partial charge < -0.3 is 14.6 Å². The van der Waals surface area contributed by atoms with Crippen molar-refractivity contribution in [1.82, 2.24) is 0 Å². The average molecular weight is 252 g/mol. The van der Waals surface area contributed by atoms with Crippen molar-refractivity contribution in [2.24, 2.45) is 0 Å². The van der Waals surface area contributed by atoms with E-state index in [2.05, 4.69) is 0 Å². The van der Waals surface area contributed by atoms with Gasteiger partial charge in [0.15, 0.2) is 6.10 Å². The van der Waals surface area contributed by atoms with Crippen LogP contribution in [0.1, 0.15) is 32.3 Å². The number of benzene rings is 1. The first-order chi connectivity index (χ1) is 8.61. The minimum absolute atomic E-state index is 0.260. The molecule has 18 heavy (non-hydrogen) atoms. The molecule has 0 heterocycles. The SMILES string of the molecule is CCOC(=O)C(O)C(C)c1ccccc1OCC. The average Bonchev–Trinajstić information content (AvgIpc) is 2.38. The van der Waals surface area contributed by atoms with Crippen LogP contribution in [0.5, 0.6) is 5.75 Å². The van der Waals surface area contributed by atoms with Crippen LogP contribution in [0.4, 0.5) is 0 Å². The van der Waals surface area contributed by atoms with Crippen LogP contribution in [0.15, 0.2) is 24.3 Å². The number of rotatable bonds is 6. The Morgan fingerprint density at radius 3 is 2.56 bits per heavy atom. The van der Waals surface area contributed by atoms with Gasteiger partial charge in [-0.15, -0.1) is 0 Å². The van der Waals surface area contributed by atoms with Crippen LogP contribution in [-0.4, -0.2) is 30.4 Å². The number of para-hydroxylation sites is 1. The van der Waals surface area contributed by atoms with E-state index in [0.29, 0.717) is 12.4 Å². The molecule has 2 unspecified atom stereocenters. The van der Waals surface area contributed by atoms with Crippen molar-refractivity contribution in [1.29, 1.82) is 0 Å². The highest BCUT2D eigenvalue weighted by molar-refractivity contribution is 5.75. The zero-order chi connectivity index (χ0) is 13.5. The van der Waals surface area contributed by atoms with E-state index >= 15 is 0 Å². The maximum Gasteiger partial charge on any atom is 0.335 e. The summed E-state index contributed by atoms with van der Waals surface area (Å²) in [5, 5.41) is 9.93. The number of hydrogen-bond acceptors (Lipinski definition) is 4. The van der Waals surface area contributed by atoms with Gasteiger partial charge >= 0.3 is 5.97 Å². The summed E-state index contributed by atoms with van der Waals surface area (Å²) in [4.78, 5) is 11.5. The van der Waals surface area contributed by atoms with Crippen LogP contribution in [0.3, 0.4) is 0 Å². The fourth-order valence-electron chi connectivity index (χ4n) is 1.75. The molecule has 1 aromatic carbocycles. The molecular weight excluding hydrogens is 232 g/mol. The Bertz CT molecular complexity index is 389. The van der Waals surface area contributed by atoms with E-state index in [1.165, 1.54) is 0 Å². The van der Waals surface area contributed by atoms with Gasteiger partial charge in [-0.05, 0) is 19.9 Å². The number of esters is 1. The lowest BCUT2D eigenvalue weighted by Gasteiger charge is -2.20.